The fourth-order valence-corrected chi connectivity index (χ4v) is 2.29. The average Bonchev–Trinajstić information content (AvgIpc) is 2.41. The smallest absolute Gasteiger partial charge is 0.407 e. The molecule has 0 aromatic heterocycles. The zero-order chi connectivity index (χ0) is 17.8. The highest BCUT2D eigenvalue weighted by atomic mass is 32.2. The first-order valence-electron chi connectivity index (χ1n) is 7.90. The van der Waals surface area contributed by atoms with Crippen LogP contribution in [0.5, 0.6) is 0 Å². The van der Waals surface area contributed by atoms with Crippen LogP contribution in [-0.2, 0) is 19.6 Å². The van der Waals surface area contributed by atoms with E-state index in [9.17, 15) is 17.8 Å². The van der Waals surface area contributed by atoms with Crippen LogP contribution in [0.2, 0.25) is 0 Å². The van der Waals surface area contributed by atoms with E-state index >= 15 is 0 Å². The minimum Gasteiger partial charge on any atom is -0.748 e. The number of likely N-dealkylation sites (N-methyl/N-ethyl adjacent to an activating group) is 1. The van der Waals surface area contributed by atoms with Crippen LogP contribution < -0.4 is 5.32 Å². The zero-order valence-electron chi connectivity index (χ0n) is 14.4. The van der Waals surface area contributed by atoms with Gasteiger partial charge >= 0.3 is 6.09 Å². The summed E-state index contributed by atoms with van der Waals surface area (Å²) in [6, 6.07) is 0. The summed E-state index contributed by atoms with van der Waals surface area (Å²) in [4.78, 5) is 11.2. The van der Waals surface area contributed by atoms with Crippen LogP contribution >= 0.6 is 0 Å². The lowest BCUT2D eigenvalue weighted by molar-refractivity contribution is -0.890. The normalized spacial score (nSPS) is 12.2. The molecular weight excluding hydrogens is 324 g/mol. The van der Waals surface area contributed by atoms with Gasteiger partial charge in [0.1, 0.15) is 13.2 Å². The molecule has 8 nitrogen and oxygen atoms in total. The topological polar surface area (TPSA) is 105 Å². The number of quaternary nitrogens is 1. The van der Waals surface area contributed by atoms with Crippen molar-refractivity contribution in [1.82, 2.24) is 5.32 Å². The Morgan fingerprint density at radius 3 is 2.43 bits per heavy atom. The molecule has 23 heavy (non-hydrogen) atoms. The summed E-state index contributed by atoms with van der Waals surface area (Å²) in [5, 5.41) is 2.64. The molecule has 138 valence electrons. The molecule has 0 unspecified atom stereocenters. The maximum atomic E-state index is 11.2. The Bertz CT molecular complexity index is 425. The Kier molecular flexibility index (Phi) is 11.2. The first kappa shape index (κ1) is 22.1. The van der Waals surface area contributed by atoms with Crippen molar-refractivity contribution in [3.8, 4) is 0 Å². The van der Waals surface area contributed by atoms with Crippen LogP contribution in [0, 0.1) is 0 Å². The van der Waals surface area contributed by atoms with Crippen molar-refractivity contribution in [3.05, 3.63) is 0 Å². The summed E-state index contributed by atoms with van der Waals surface area (Å²) in [5.41, 5.74) is 0. The molecule has 0 spiro atoms. The number of nitrogens with one attached hydrogen (secondary N) is 1. The minimum absolute atomic E-state index is 0.194. The number of carbonyl (C=O) groups excluding carboxylic acids is 1. The van der Waals surface area contributed by atoms with Crippen molar-refractivity contribution in [2.24, 2.45) is 0 Å². The Labute approximate surface area is 139 Å². The molecule has 9 heteroatoms. The van der Waals surface area contributed by atoms with Crippen LogP contribution in [0.25, 0.3) is 0 Å². The molecule has 0 fully saturated rings. The number of ether oxygens (including phenoxy) is 2. The van der Waals surface area contributed by atoms with Gasteiger partial charge in [-0.25, -0.2) is 13.2 Å². The second-order valence-corrected chi connectivity index (χ2v) is 7.55. The molecule has 0 saturated carbocycles. The molecule has 0 aliphatic rings. The molecular formula is C14H30N2O6S. The van der Waals surface area contributed by atoms with E-state index in [1.165, 1.54) is 0 Å². The van der Waals surface area contributed by atoms with E-state index in [1.807, 2.05) is 21.0 Å². The van der Waals surface area contributed by atoms with E-state index in [4.69, 9.17) is 9.47 Å². The van der Waals surface area contributed by atoms with E-state index in [2.05, 4.69) is 5.32 Å². The Morgan fingerprint density at radius 1 is 1.13 bits per heavy atom. The van der Waals surface area contributed by atoms with Gasteiger partial charge in [0.25, 0.3) is 0 Å². The third kappa shape index (κ3) is 15.8. The van der Waals surface area contributed by atoms with E-state index in [0.717, 1.165) is 12.8 Å². The van der Waals surface area contributed by atoms with E-state index in [0.29, 0.717) is 43.8 Å². The lowest BCUT2D eigenvalue weighted by Gasteiger charge is -2.29. The number of hydrogen-bond donors (Lipinski definition) is 1. The van der Waals surface area contributed by atoms with Crippen molar-refractivity contribution in [1.29, 1.82) is 0 Å². The van der Waals surface area contributed by atoms with Gasteiger partial charge in [-0.3, -0.25) is 0 Å². The summed E-state index contributed by atoms with van der Waals surface area (Å²) in [6.45, 7) is 4.90. The molecule has 0 aliphatic heterocycles. The van der Waals surface area contributed by atoms with Gasteiger partial charge in [-0.2, -0.15) is 0 Å². The summed E-state index contributed by atoms with van der Waals surface area (Å²) in [6.07, 6.45) is 1.83. The first-order chi connectivity index (χ1) is 10.7. The summed E-state index contributed by atoms with van der Waals surface area (Å²) < 4.78 is 42.6. The van der Waals surface area contributed by atoms with E-state index in [-0.39, 0.29) is 12.4 Å². The minimum atomic E-state index is -4.14. The van der Waals surface area contributed by atoms with Gasteiger partial charge in [0, 0.05) is 18.7 Å². The molecule has 0 aromatic carbocycles. The molecule has 0 bridgehead atoms. The van der Waals surface area contributed by atoms with Gasteiger partial charge in [-0.05, 0) is 6.42 Å². The fourth-order valence-electron chi connectivity index (χ4n) is 1.81. The number of unbranched alkanes of at least 4 members (excludes halogenated alkanes) is 1. The third-order valence-electron chi connectivity index (χ3n) is 3.26. The van der Waals surface area contributed by atoms with Gasteiger partial charge in [0.2, 0.25) is 0 Å². The van der Waals surface area contributed by atoms with Crippen molar-refractivity contribution < 1.29 is 31.7 Å². The molecule has 1 N–H and O–H groups in total. The zero-order valence-corrected chi connectivity index (χ0v) is 15.2. The number of amides is 1. The van der Waals surface area contributed by atoms with Gasteiger partial charge in [-0.15, -0.1) is 0 Å². The van der Waals surface area contributed by atoms with Crippen LogP contribution in [0.15, 0.2) is 0 Å². The fraction of sp³-hybridized carbons (Fsp3) is 0.929. The molecule has 0 rings (SSSR count). The Balaban J connectivity index is 3.60. The maximum absolute atomic E-state index is 11.2. The highest BCUT2D eigenvalue weighted by Crippen LogP contribution is 2.01. The second-order valence-electron chi connectivity index (χ2n) is 6.03. The highest BCUT2D eigenvalue weighted by Gasteiger charge is 2.15. The highest BCUT2D eigenvalue weighted by molar-refractivity contribution is 7.85. The predicted molar refractivity (Wildman–Crippen MR) is 86.1 cm³/mol. The lowest BCUT2D eigenvalue weighted by Crippen LogP contribution is -2.43. The summed E-state index contributed by atoms with van der Waals surface area (Å²) >= 11 is 0. The molecule has 0 atom stereocenters. The van der Waals surface area contributed by atoms with Crippen molar-refractivity contribution in [2.45, 2.75) is 26.2 Å². The van der Waals surface area contributed by atoms with Gasteiger partial charge < -0.3 is 23.8 Å². The molecule has 0 heterocycles. The number of hydrogen-bond acceptors (Lipinski definition) is 6. The molecule has 1 amide bonds. The quantitative estimate of drug-likeness (QED) is 0.294. The number of nitrogens with zero attached hydrogens (tertiary/aromatic N) is 1. The average molecular weight is 354 g/mol. The monoisotopic (exact) mass is 354 g/mol. The first-order valence-corrected chi connectivity index (χ1v) is 9.48. The number of carbonyl (C=O) groups is 1. The van der Waals surface area contributed by atoms with Gasteiger partial charge in [-0.1, -0.05) is 13.3 Å². The standard InChI is InChI=1S/C14H30N2O6S/c1-4-5-7-15-14(17)22-12-11-21-10-9-16(2,3)8-6-13-23(18,19)20/h4-13H2,1-3H3,(H-,15,17,18,19,20). The molecule has 0 aromatic rings. The molecule has 0 saturated heterocycles. The van der Waals surface area contributed by atoms with E-state index < -0.39 is 16.2 Å². The maximum Gasteiger partial charge on any atom is 0.407 e. The van der Waals surface area contributed by atoms with Gasteiger partial charge in [0.15, 0.2) is 0 Å². The van der Waals surface area contributed by atoms with Crippen LogP contribution in [0.3, 0.4) is 0 Å². The van der Waals surface area contributed by atoms with Crippen molar-refractivity contribution in [3.63, 3.8) is 0 Å². The van der Waals surface area contributed by atoms with Crippen LogP contribution in [-0.4, -0.2) is 82.8 Å². The molecule has 0 aliphatic carbocycles. The van der Waals surface area contributed by atoms with Crippen molar-refractivity contribution in [2.75, 3.05) is 59.3 Å². The lowest BCUT2D eigenvalue weighted by atomic mass is 10.3. The van der Waals surface area contributed by atoms with Crippen molar-refractivity contribution >= 4 is 16.2 Å². The van der Waals surface area contributed by atoms with Crippen LogP contribution in [0.1, 0.15) is 26.2 Å². The van der Waals surface area contributed by atoms with E-state index in [1.54, 1.807) is 0 Å². The number of alkyl carbamates (subject to hydrolysis) is 1. The summed E-state index contributed by atoms with van der Waals surface area (Å²) in [5.74, 6) is -0.337. The Hall–Kier alpha value is -0.900. The summed E-state index contributed by atoms with van der Waals surface area (Å²) in [7, 11) is -0.256. The Morgan fingerprint density at radius 2 is 1.83 bits per heavy atom. The second kappa shape index (κ2) is 11.6. The third-order valence-corrected chi connectivity index (χ3v) is 4.05. The van der Waals surface area contributed by atoms with Crippen LogP contribution in [0.4, 0.5) is 4.79 Å². The SMILES string of the molecule is CCCCNC(=O)OCCOCC[N+](C)(C)CCCS(=O)(=O)[O-]. The largest absolute Gasteiger partial charge is 0.748 e. The molecule has 0 radical (unpaired) electrons. The number of rotatable bonds is 13. The predicted octanol–water partition coefficient (Wildman–Crippen LogP) is 0.541. The van der Waals surface area contributed by atoms with Gasteiger partial charge in [0.05, 0.1) is 44.0 Å².